The summed E-state index contributed by atoms with van der Waals surface area (Å²) in [5, 5.41) is 3.14. The van der Waals surface area contributed by atoms with Gasteiger partial charge in [0.15, 0.2) is 5.82 Å². The molecule has 1 aliphatic heterocycles. The summed E-state index contributed by atoms with van der Waals surface area (Å²) in [4.78, 5) is 39.5. The minimum atomic E-state index is -0.353. The van der Waals surface area contributed by atoms with Crippen LogP contribution in [0.2, 0.25) is 0 Å². The summed E-state index contributed by atoms with van der Waals surface area (Å²) >= 11 is 0. The van der Waals surface area contributed by atoms with E-state index in [1.54, 1.807) is 19.3 Å². The molecule has 0 bridgehead atoms. The average Bonchev–Trinajstić information content (AvgIpc) is 3.10. The maximum absolute atomic E-state index is 12.0. The highest BCUT2D eigenvalue weighted by Crippen LogP contribution is 2.46. The lowest BCUT2D eigenvalue weighted by molar-refractivity contribution is -0.138. The monoisotopic (exact) mass is 395 g/mol. The smallest absolute Gasteiger partial charge is 0.325 e. The van der Waals surface area contributed by atoms with Crippen molar-refractivity contribution in [3.05, 3.63) is 35.8 Å². The molecular formula is C21H25N5O3. The van der Waals surface area contributed by atoms with Gasteiger partial charge in [-0.15, -0.1) is 0 Å². The van der Waals surface area contributed by atoms with Gasteiger partial charge in [0.1, 0.15) is 12.4 Å². The Bertz CT molecular complexity index is 933. The maximum atomic E-state index is 12.0. The number of carbonyl (C=O) groups is 2. The molecule has 1 aliphatic carbocycles. The third-order valence-corrected chi connectivity index (χ3v) is 5.93. The van der Waals surface area contributed by atoms with Crippen LogP contribution in [0.4, 0.5) is 5.82 Å². The van der Waals surface area contributed by atoms with Gasteiger partial charge in [-0.3, -0.25) is 14.6 Å². The van der Waals surface area contributed by atoms with E-state index in [2.05, 4.69) is 10.3 Å². The Kier molecular flexibility index (Phi) is 5.17. The van der Waals surface area contributed by atoms with Crippen LogP contribution in [-0.2, 0) is 26.2 Å². The summed E-state index contributed by atoms with van der Waals surface area (Å²) in [6.07, 6.45) is 7.12. The van der Waals surface area contributed by atoms with E-state index in [4.69, 9.17) is 14.7 Å². The number of hydrogen-bond acceptors (Lipinski definition) is 7. The molecule has 8 nitrogen and oxygen atoms in total. The number of esters is 1. The second kappa shape index (κ2) is 7.77. The van der Waals surface area contributed by atoms with Gasteiger partial charge in [0, 0.05) is 48.9 Å². The standard InChI is InChI=1S/C21H25N5O3/c1-14(27)26-10-4-7-21(13-26)8-6-16-18(21)24-19(15-5-3-9-22-11-15)25-20(16)23-12-17(28)29-2/h3,5,9,11H,4,6-8,10,12-13H2,1-2H3,(H,23,24,25). The molecule has 1 unspecified atom stereocenters. The Morgan fingerprint density at radius 2 is 2.17 bits per heavy atom. The first-order valence-corrected chi connectivity index (χ1v) is 9.90. The van der Waals surface area contributed by atoms with Crippen LogP contribution in [0.3, 0.4) is 0 Å². The van der Waals surface area contributed by atoms with Gasteiger partial charge >= 0.3 is 5.97 Å². The molecule has 2 aliphatic rings. The second-order valence-electron chi connectivity index (χ2n) is 7.72. The number of pyridine rings is 1. The van der Waals surface area contributed by atoms with Gasteiger partial charge in [-0.2, -0.15) is 0 Å². The van der Waals surface area contributed by atoms with E-state index >= 15 is 0 Å². The maximum Gasteiger partial charge on any atom is 0.325 e. The molecule has 0 radical (unpaired) electrons. The fourth-order valence-electron chi connectivity index (χ4n) is 4.44. The van der Waals surface area contributed by atoms with Crippen molar-refractivity contribution in [1.82, 2.24) is 19.9 Å². The summed E-state index contributed by atoms with van der Waals surface area (Å²) in [6.45, 7) is 3.13. The number of rotatable bonds is 4. The van der Waals surface area contributed by atoms with E-state index in [0.29, 0.717) is 18.2 Å². The molecule has 4 rings (SSSR count). The number of anilines is 1. The topological polar surface area (TPSA) is 97.3 Å². The SMILES string of the molecule is COC(=O)CNc1nc(-c2cccnc2)nc2c1CCC21CCCN(C(C)=O)C1. The quantitative estimate of drug-likeness (QED) is 0.790. The van der Waals surface area contributed by atoms with Gasteiger partial charge in [0.05, 0.1) is 12.8 Å². The van der Waals surface area contributed by atoms with Crippen LogP contribution >= 0.6 is 0 Å². The Hall–Kier alpha value is -3.03. The number of nitrogens with one attached hydrogen (secondary N) is 1. The number of aromatic nitrogens is 3. The van der Waals surface area contributed by atoms with E-state index in [-0.39, 0.29) is 23.8 Å². The zero-order valence-electron chi connectivity index (χ0n) is 16.8. The van der Waals surface area contributed by atoms with Crippen molar-refractivity contribution in [2.45, 2.75) is 38.0 Å². The van der Waals surface area contributed by atoms with Gasteiger partial charge in [0.25, 0.3) is 0 Å². The second-order valence-corrected chi connectivity index (χ2v) is 7.72. The number of hydrogen-bond donors (Lipinski definition) is 1. The molecule has 29 heavy (non-hydrogen) atoms. The lowest BCUT2D eigenvalue weighted by Crippen LogP contribution is -2.47. The molecule has 2 aromatic rings. The predicted octanol–water partition coefficient (Wildman–Crippen LogP) is 1.95. The van der Waals surface area contributed by atoms with Crippen LogP contribution in [0.1, 0.15) is 37.4 Å². The number of amides is 1. The van der Waals surface area contributed by atoms with Crippen molar-refractivity contribution in [3.63, 3.8) is 0 Å². The first-order chi connectivity index (χ1) is 14.0. The number of piperidine rings is 1. The molecule has 1 fully saturated rings. The summed E-state index contributed by atoms with van der Waals surface area (Å²) < 4.78 is 4.76. The summed E-state index contributed by atoms with van der Waals surface area (Å²) in [5.74, 6) is 0.984. The van der Waals surface area contributed by atoms with E-state index in [0.717, 1.165) is 49.0 Å². The summed E-state index contributed by atoms with van der Waals surface area (Å²) in [5.41, 5.74) is 2.68. The molecule has 8 heteroatoms. The highest BCUT2D eigenvalue weighted by Gasteiger charge is 2.45. The molecular weight excluding hydrogens is 370 g/mol. The molecule has 3 heterocycles. The van der Waals surface area contributed by atoms with Gasteiger partial charge in [0.2, 0.25) is 5.91 Å². The Morgan fingerprint density at radius 3 is 2.90 bits per heavy atom. The van der Waals surface area contributed by atoms with Crippen molar-refractivity contribution in [2.75, 3.05) is 32.1 Å². The van der Waals surface area contributed by atoms with Crippen molar-refractivity contribution in [3.8, 4) is 11.4 Å². The molecule has 1 N–H and O–H groups in total. The fraction of sp³-hybridized carbons (Fsp3) is 0.476. The van der Waals surface area contributed by atoms with E-state index in [1.165, 1.54) is 7.11 Å². The molecule has 2 aromatic heterocycles. The van der Waals surface area contributed by atoms with Crippen LogP contribution < -0.4 is 5.32 Å². The first kappa shape index (κ1) is 19.3. The number of likely N-dealkylation sites (tertiary alicyclic amines) is 1. The van der Waals surface area contributed by atoms with Crippen LogP contribution in [0, 0.1) is 0 Å². The zero-order valence-corrected chi connectivity index (χ0v) is 16.8. The van der Waals surface area contributed by atoms with Crippen molar-refractivity contribution in [1.29, 1.82) is 0 Å². The molecule has 1 amide bonds. The number of fused-ring (bicyclic) bond motifs is 2. The highest BCUT2D eigenvalue weighted by molar-refractivity contribution is 5.76. The number of nitrogens with zero attached hydrogens (tertiary/aromatic N) is 4. The fourth-order valence-corrected chi connectivity index (χ4v) is 4.44. The minimum absolute atomic E-state index is 0.0407. The molecule has 0 aromatic carbocycles. The third-order valence-electron chi connectivity index (χ3n) is 5.93. The van der Waals surface area contributed by atoms with Gasteiger partial charge in [-0.25, -0.2) is 9.97 Å². The van der Waals surface area contributed by atoms with Crippen LogP contribution in [-0.4, -0.2) is 58.5 Å². The first-order valence-electron chi connectivity index (χ1n) is 9.90. The number of methoxy groups -OCH3 is 1. The van der Waals surface area contributed by atoms with E-state index in [1.807, 2.05) is 17.0 Å². The highest BCUT2D eigenvalue weighted by atomic mass is 16.5. The lowest BCUT2D eigenvalue weighted by Gasteiger charge is -2.40. The van der Waals surface area contributed by atoms with E-state index < -0.39 is 0 Å². The average molecular weight is 395 g/mol. The van der Waals surface area contributed by atoms with Gasteiger partial charge in [-0.05, 0) is 37.8 Å². The largest absolute Gasteiger partial charge is 0.468 e. The van der Waals surface area contributed by atoms with Crippen LogP contribution in [0.5, 0.6) is 0 Å². The van der Waals surface area contributed by atoms with Crippen molar-refractivity contribution in [2.24, 2.45) is 0 Å². The Balaban J connectivity index is 1.78. The molecule has 0 saturated carbocycles. The number of ether oxygens (including phenoxy) is 1. The van der Waals surface area contributed by atoms with Crippen molar-refractivity contribution < 1.29 is 14.3 Å². The molecule has 1 atom stereocenters. The number of carbonyl (C=O) groups excluding carboxylic acids is 2. The molecule has 1 spiro atoms. The third kappa shape index (κ3) is 3.66. The summed E-state index contributed by atoms with van der Waals surface area (Å²) in [7, 11) is 1.36. The lowest BCUT2D eigenvalue weighted by atomic mass is 9.77. The van der Waals surface area contributed by atoms with Crippen LogP contribution in [0.25, 0.3) is 11.4 Å². The van der Waals surface area contributed by atoms with Crippen molar-refractivity contribution >= 4 is 17.7 Å². The van der Waals surface area contributed by atoms with Gasteiger partial charge < -0.3 is 15.0 Å². The van der Waals surface area contributed by atoms with Gasteiger partial charge in [-0.1, -0.05) is 0 Å². The molecule has 152 valence electrons. The normalized spacial score (nSPS) is 20.4. The Labute approximate surface area is 169 Å². The minimum Gasteiger partial charge on any atom is -0.468 e. The zero-order chi connectivity index (χ0) is 20.4. The predicted molar refractivity (Wildman–Crippen MR) is 107 cm³/mol. The molecule has 1 saturated heterocycles. The van der Waals surface area contributed by atoms with Crippen LogP contribution in [0.15, 0.2) is 24.5 Å². The summed E-state index contributed by atoms with van der Waals surface area (Å²) in [6, 6.07) is 3.77. The Morgan fingerprint density at radius 1 is 1.31 bits per heavy atom. The van der Waals surface area contributed by atoms with E-state index in [9.17, 15) is 9.59 Å².